The maximum Gasteiger partial charge on any atom is 0.416 e. The molecule has 4 heteroatoms. The van der Waals surface area contributed by atoms with Gasteiger partial charge in [-0.05, 0) is 12.1 Å². The summed E-state index contributed by atoms with van der Waals surface area (Å²) in [6, 6.07) is 7.00. The van der Waals surface area contributed by atoms with E-state index >= 15 is 0 Å². The molecule has 1 aromatic heterocycles. The number of para-hydroxylation sites is 1. The first-order chi connectivity index (χ1) is 6.20. The van der Waals surface area contributed by atoms with Gasteiger partial charge in [0.2, 0.25) is 0 Å². The third-order valence-corrected chi connectivity index (χ3v) is 2.17. The maximum absolute atomic E-state index is 10.7. The van der Waals surface area contributed by atoms with E-state index in [1.165, 1.54) is 6.20 Å². The summed E-state index contributed by atoms with van der Waals surface area (Å²) in [6.07, 6.45) is 0.460. The van der Waals surface area contributed by atoms with Gasteiger partial charge in [0, 0.05) is 11.6 Å². The molecule has 0 aliphatic heterocycles. The zero-order valence-electron chi connectivity index (χ0n) is 6.57. The molecule has 1 N–H and O–H groups in total. The molecule has 0 aliphatic carbocycles. The second-order valence-electron chi connectivity index (χ2n) is 2.65. The van der Waals surface area contributed by atoms with Crippen molar-refractivity contribution in [3.05, 3.63) is 35.5 Å². The SMILES string of the molecule is O=C(O)n1ccc2cccc(Cl)c21. The molecule has 0 fully saturated rings. The van der Waals surface area contributed by atoms with Crippen molar-refractivity contribution >= 4 is 28.6 Å². The van der Waals surface area contributed by atoms with Gasteiger partial charge >= 0.3 is 6.09 Å². The molecule has 0 atom stereocenters. The molecule has 0 spiro atoms. The fourth-order valence-electron chi connectivity index (χ4n) is 1.31. The van der Waals surface area contributed by atoms with Gasteiger partial charge < -0.3 is 5.11 Å². The molecule has 66 valence electrons. The first kappa shape index (κ1) is 8.13. The first-order valence-corrected chi connectivity index (χ1v) is 4.07. The highest BCUT2D eigenvalue weighted by molar-refractivity contribution is 6.35. The van der Waals surface area contributed by atoms with Crippen molar-refractivity contribution in [2.45, 2.75) is 0 Å². The van der Waals surface area contributed by atoms with E-state index in [-0.39, 0.29) is 0 Å². The number of hydrogen-bond acceptors (Lipinski definition) is 1. The molecule has 2 rings (SSSR count). The number of halogens is 1. The molecule has 0 saturated carbocycles. The van der Waals surface area contributed by atoms with Crippen molar-refractivity contribution < 1.29 is 9.90 Å². The Balaban J connectivity index is 2.86. The summed E-state index contributed by atoms with van der Waals surface area (Å²) in [6.45, 7) is 0. The lowest BCUT2D eigenvalue weighted by molar-refractivity contribution is 0.197. The Morgan fingerprint density at radius 3 is 2.85 bits per heavy atom. The minimum Gasteiger partial charge on any atom is -0.464 e. The number of nitrogens with zero attached hydrogens (tertiary/aromatic N) is 1. The summed E-state index contributed by atoms with van der Waals surface area (Å²) >= 11 is 5.86. The van der Waals surface area contributed by atoms with Crippen LogP contribution in [0.4, 0.5) is 4.79 Å². The van der Waals surface area contributed by atoms with E-state index < -0.39 is 6.09 Å². The van der Waals surface area contributed by atoms with E-state index in [9.17, 15) is 4.79 Å². The van der Waals surface area contributed by atoms with Crippen LogP contribution >= 0.6 is 11.6 Å². The number of fused-ring (bicyclic) bond motifs is 1. The van der Waals surface area contributed by atoms with E-state index in [1.54, 1.807) is 18.2 Å². The zero-order valence-corrected chi connectivity index (χ0v) is 7.32. The predicted molar refractivity (Wildman–Crippen MR) is 50.4 cm³/mol. The molecule has 2 aromatic rings. The quantitative estimate of drug-likeness (QED) is 0.703. The summed E-state index contributed by atoms with van der Waals surface area (Å²) < 4.78 is 1.11. The Morgan fingerprint density at radius 1 is 1.38 bits per heavy atom. The largest absolute Gasteiger partial charge is 0.464 e. The van der Waals surface area contributed by atoms with Crippen LogP contribution < -0.4 is 0 Å². The Hall–Kier alpha value is -1.48. The third-order valence-electron chi connectivity index (χ3n) is 1.87. The molecule has 0 amide bonds. The number of hydrogen-bond donors (Lipinski definition) is 1. The molecule has 0 unspecified atom stereocenters. The van der Waals surface area contributed by atoms with Gasteiger partial charge in [0.1, 0.15) is 0 Å². The molecule has 0 radical (unpaired) electrons. The molecule has 13 heavy (non-hydrogen) atoms. The number of carbonyl (C=O) groups is 1. The normalized spacial score (nSPS) is 10.5. The van der Waals surface area contributed by atoms with Crippen molar-refractivity contribution in [3.8, 4) is 0 Å². The van der Waals surface area contributed by atoms with Crippen LogP contribution in [0.1, 0.15) is 0 Å². The second-order valence-corrected chi connectivity index (χ2v) is 3.05. The summed E-state index contributed by atoms with van der Waals surface area (Å²) in [5.74, 6) is 0. The summed E-state index contributed by atoms with van der Waals surface area (Å²) in [4.78, 5) is 10.7. The van der Waals surface area contributed by atoms with Gasteiger partial charge in [0.25, 0.3) is 0 Å². The van der Waals surface area contributed by atoms with Crippen LogP contribution in [0.3, 0.4) is 0 Å². The van der Waals surface area contributed by atoms with Crippen LogP contribution in [0.25, 0.3) is 10.9 Å². The Bertz CT molecular complexity index is 475. The van der Waals surface area contributed by atoms with Crippen LogP contribution in [0.5, 0.6) is 0 Å². The van der Waals surface area contributed by atoms with Crippen LogP contribution in [-0.2, 0) is 0 Å². The number of carboxylic acid groups (broad SMARTS) is 1. The highest BCUT2D eigenvalue weighted by Crippen LogP contribution is 2.23. The van der Waals surface area contributed by atoms with Gasteiger partial charge in [-0.3, -0.25) is 4.57 Å². The fraction of sp³-hybridized carbons (Fsp3) is 0. The van der Waals surface area contributed by atoms with E-state index in [2.05, 4.69) is 0 Å². The average Bonchev–Trinajstić information content (AvgIpc) is 2.49. The molecular formula is C9H6ClNO2. The summed E-state index contributed by atoms with van der Waals surface area (Å²) in [7, 11) is 0. The van der Waals surface area contributed by atoms with E-state index in [4.69, 9.17) is 16.7 Å². The van der Waals surface area contributed by atoms with Gasteiger partial charge in [-0.1, -0.05) is 23.7 Å². The minimum absolute atomic E-state index is 0.449. The molecule has 1 aromatic carbocycles. The molecule has 1 heterocycles. The van der Waals surface area contributed by atoms with E-state index in [1.807, 2.05) is 6.07 Å². The zero-order chi connectivity index (χ0) is 9.42. The third kappa shape index (κ3) is 1.17. The summed E-state index contributed by atoms with van der Waals surface area (Å²) in [5, 5.41) is 10.1. The van der Waals surface area contributed by atoms with Crippen molar-refractivity contribution in [1.29, 1.82) is 0 Å². The monoisotopic (exact) mass is 195 g/mol. The van der Waals surface area contributed by atoms with Crippen molar-refractivity contribution in [3.63, 3.8) is 0 Å². The number of benzene rings is 1. The van der Waals surface area contributed by atoms with Gasteiger partial charge in [0.05, 0.1) is 10.5 Å². The van der Waals surface area contributed by atoms with Crippen LogP contribution in [0.15, 0.2) is 30.5 Å². The number of rotatable bonds is 0. The van der Waals surface area contributed by atoms with Gasteiger partial charge in [-0.15, -0.1) is 0 Å². The van der Waals surface area contributed by atoms with Gasteiger partial charge in [-0.2, -0.15) is 0 Å². The molecule has 0 aliphatic rings. The second kappa shape index (κ2) is 2.78. The molecule has 3 nitrogen and oxygen atoms in total. The topological polar surface area (TPSA) is 42.2 Å². The fourth-order valence-corrected chi connectivity index (χ4v) is 1.58. The maximum atomic E-state index is 10.7. The lowest BCUT2D eigenvalue weighted by Gasteiger charge is -1.98. The first-order valence-electron chi connectivity index (χ1n) is 3.69. The highest BCUT2D eigenvalue weighted by atomic mass is 35.5. The van der Waals surface area contributed by atoms with E-state index in [0.717, 1.165) is 9.95 Å². The predicted octanol–water partition coefficient (Wildman–Crippen LogP) is 2.82. The molecule has 0 saturated heterocycles. The van der Waals surface area contributed by atoms with Crippen molar-refractivity contribution in [2.24, 2.45) is 0 Å². The lowest BCUT2D eigenvalue weighted by Crippen LogP contribution is -2.05. The van der Waals surface area contributed by atoms with Crippen molar-refractivity contribution in [2.75, 3.05) is 0 Å². The lowest BCUT2D eigenvalue weighted by atomic mass is 10.2. The number of aromatic nitrogens is 1. The molecule has 0 bridgehead atoms. The van der Waals surface area contributed by atoms with Crippen LogP contribution in [0, 0.1) is 0 Å². The average molecular weight is 196 g/mol. The van der Waals surface area contributed by atoms with E-state index in [0.29, 0.717) is 10.5 Å². The molecular weight excluding hydrogens is 190 g/mol. The van der Waals surface area contributed by atoms with Crippen molar-refractivity contribution in [1.82, 2.24) is 4.57 Å². The smallest absolute Gasteiger partial charge is 0.416 e. The Morgan fingerprint density at radius 2 is 2.15 bits per heavy atom. The van der Waals surface area contributed by atoms with Gasteiger partial charge in [0.15, 0.2) is 0 Å². The Labute approximate surface area is 79.2 Å². The highest BCUT2D eigenvalue weighted by Gasteiger charge is 2.08. The van der Waals surface area contributed by atoms with Crippen LogP contribution in [-0.4, -0.2) is 15.8 Å². The summed E-state index contributed by atoms with van der Waals surface area (Å²) in [5.41, 5.74) is 0.539. The standard InChI is InChI=1S/C9H6ClNO2/c10-7-3-1-2-6-4-5-11(8(6)7)9(12)13/h1-5H,(H,12,13). The van der Waals surface area contributed by atoms with Gasteiger partial charge in [-0.25, -0.2) is 4.79 Å². The van der Waals surface area contributed by atoms with Crippen LogP contribution in [0.2, 0.25) is 5.02 Å². The Kier molecular flexibility index (Phi) is 1.74. The minimum atomic E-state index is -1.02.